The van der Waals surface area contributed by atoms with Crippen molar-refractivity contribution in [1.29, 1.82) is 0 Å². The van der Waals surface area contributed by atoms with Crippen molar-refractivity contribution in [2.24, 2.45) is 0 Å². The van der Waals surface area contributed by atoms with Crippen LogP contribution in [0.25, 0.3) is 10.9 Å². The number of amides is 1. The lowest BCUT2D eigenvalue weighted by Crippen LogP contribution is -2.28. The van der Waals surface area contributed by atoms with Crippen molar-refractivity contribution >= 4 is 16.8 Å². The number of para-hydroxylation sites is 1. The number of aromatic nitrogens is 2. The van der Waals surface area contributed by atoms with Crippen molar-refractivity contribution in [2.75, 3.05) is 20.2 Å². The minimum atomic E-state index is -0.0681. The minimum Gasteiger partial charge on any atom is -0.396 e. The molecule has 0 aliphatic heterocycles. The Morgan fingerprint density at radius 3 is 2.89 bits per heavy atom. The van der Waals surface area contributed by atoms with Gasteiger partial charge in [-0.25, -0.2) is 0 Å². The van der Waals surface area contributed by atoms with Crippen molar-refractivity contribution < 1.29 is 9.90 Å². The lowest BCUT2D eigenvalue weighted by atomic mass is 10.2. The molecule has 19 heavy (non-hydrogen) atoms. The van der Waals surface area contributed by atoms with Crippen LogP contribution in [0.5, 0.6) is 0 Å². The van der Waals surface area contributed by atoms with Gasteiger partial charge >= 0.3 is 0 Å². The largest absolute Gasteiger partial charge is 0.396 e. The van der Waals surface area contributed by atoms with Crippen LogP contribution in [0.4, 0.5) is 0 Å². The molecule has 0 aliphatic carbocycles. The highest BCUT2D eigenvalue weighted by molar-refractivity contribution is 6.04. The van der Waals surface area contributed by atoms with E-state index in [4.69, 9.17) is 5.11 Å². The molecule has 0 bridgehead atoms. The van der Waals surface area contributed by atoms with E-state index in [-0.39, 0.29) is 12.5 Å². The Morgan fingerprint density at radius 1 is 1.32 bits per heavy atom. The Hall–Kier alpha value is -1.88. The molecule has 1 aromatic heterocycles. The fourth-order valence-corrected chi connectivity index (χ4v) is 2.05. The van der Waals surface area contributed by atoms with Gasteiger partial charge in [-0.3, -0.25) is 9.89 Å². The maximum absolute atomic E-state index is 12.3. The Bertz CT molecular complexity index is 550. The van der Waals surface area contributed by atoms with Gasteiger partial charge in [-0.15, -0.1) is 0 Å². The SMILES string of the molecule is CN(CCCCCO)C(=O)c1n[nH]c2ccccc12. The van der Waals surface area contributed by atoms with Crippen molar-refractivity contribution in [2.45, 2.75) is 19.3 Å². The van der Waals surface area contributed by atoms with Crippen LogP contribution >= 0.6 is 0 Å². The summed E-state index contributed by atoms with van der Waals surface area (Å²) in [5, 5.41) is 16.5. The first-order chi connectivity index (χ1) is 9.24. The average Bonchev–Trinajstić information content (AvgIpc) is 2.86. The molecule has 2 N–H and O–H groups in total. The second-order valence-electron chi connectivity index (χ2n) is 4.63. The molecule has 0 spiro atoms. The van der Waals surface area contributed by atoms with Crippen LogP contribution in [-0.4, -0.2) is 46.3 Å². The van der Waals surface area contributed by atoms with Crippen LogP contribution in [-0.2, 0) is 0 Å². The van der Waals surface area contributed by atoms with Gasteiger partial charge in [0.1, 0.15) is 0 Å². The highest BCUT2D eigenvalue weighted by Crippen LogP contribution is 2.16. The lowest BCUT2D eigenvalue weighted by Gasteiger charge is -2.15. The number of hydrogen-bond acceptors (Lipinski definition) is 3. The summed E-state index contributed by atoms with van der Waals surface area (Å²) in [6.45, 7) is 0.891. The number of H-pyrrole nitrogens is 1. The van der Waals surface area contributed by atoms with E-state index in [1.165, 1.54) is 0 Å². The van der Waals surface area contributed by atoms with E-state index >= 15 is 0 Å². The van der Waals surface area contributed by atoms with Crippen molar-refractivity contribution in [3.8, 4) is 0 Å². The molecule has 0 saturated heterocycles. The average molecular weight is 261 g/mol. The minimum absolute atomic E-state index is 0.0681. The quantitative estimate of drug-likeness (QED) is 0.779. The van der Waals surface area contributed by atoms with E-state index in [2.05, 4.69) is 10.2 Å². The number of aliphatic hydroxyl groups excluding tert-OH is 1. The number of fused-ring (bicyclic) bond motifs is 1. The Kier molecular flexibility index (Phi) is 4.52. The smallest absolute Gasteiger partial charge is 0.274 e. The Labute approximate surface area is 112 Å². The monoisotopic (exact) mass is 261 g/mol. The molecular weight excluding hydrogens is 242 g/mol. The van der Waals surface area contributed by atoms with E-state index in [1.54, 1.807) is 11.9 Å². The molecule has 2 aromatic rings. The number of aliphatic hydroxyl groups is 1. The predicted molar refractivity (Wildman–Crippen MR) is 74.0 cm³/mol. The van der Waals surface area contributed by atoms with Gasteiger partial charge in [0.15, 0.2) is 5.69 Å². The first-order valence-corrected chi connectivity index (χ1v) is 6.53. The van der Waals surface area contributed by atoms with E-state index in [9.17, 15) is 4.79 Å². The van der Waals surface area contributed by atoms with Crippen LogP contribution in [0.1, 0.15) is 29.8 Å². The summed E-state index contributed by atoms with van der Waals surface area (Å²) >= 11 is 0. The molecule has 0 aliphatic rings. The maximum atomic E-state index is 12.3. The topological polar surface area (TPSA) is 69.2 Å². The number of carbonyl (C=O) groups is 1. The molecule has 0 fully saturated rings. The number of unbranched alkanes of at least 4 members (excludes halogenated alkanes) is 2. The molecule has 5 heteroatoms. The zero-order valence-corrected chi connectivity index (χ0v) is 11.1. The lowest BCUT2D eigenvalue weighted by molar-refractivity contribution is 0.0788. The summed E-state index contributed by atoms with van der Waals surface area (Å²) < 4.78 is 0. The number of hydrogen-bond donors (Lipinski definition) is 2. The molecular formula is C14H19N3O2. The molecule has 1 aromatic carbocycles. The summed E-state index contributed by atoms with van der Waals surface area (Å²) in [5.41, 5.74) is 1.35. The van der Waals surface area contributed by atoms with Crippen LogP contribution in [0.15, 0.2) is 24.3 Å². The van der Waals surface area contributed by atoms with Gasteiger partial charge in [0.25, 0.3) is 5.91 Å². The third-order valence-corrected chi connectivity index (χ3v) is 3.17. The molecule has 0 unspecified atom stereocenters. The summed E-state index contributed by atoms with van der Waals surface area (Å²) in [6, 6.07) is 7.61. The van der Waals surface area contributed by atoms with Crippen LogP contribution in [0.2, 0.25) is 0 Å². The maximum Gasteiger partial charge on any atom is 0.274 e. The Morgan fingerprint density at radius 2 is 2.11 bits per heavy atom. The molecule has 5 nitrogen and oxygen atoms in total. The first-order valence-electron chi connectivity index (χ1n) is 6.53. The van der Waals surface area contributed by atoms with E-state index in [1.807, 2.05) is 24.3 Å². The van der Waals surface area contributed by atoms with Gasteiger partial charge in [-0.1, -0.05) is 18.2 Å². The van der Waals surface area contributed by atoms with Crippen molar-refractivity contribution in [3.05, 3.63) is 30.0 Å². The number of rotatable bonds is 6. The molecule has 2 rings (SSSR count). The number of carbonyl (C=O) groups excluding carboxylic acids is 1. The predicted octanol–water partition coefficient (Wildman–Crippen LogP) is 1.80. The molecule has 102 valence electrons. The normalized spacial score (nSPS) is 10.8. The van der Waals surface area contributed by atoms with Gasteiger partial charge in [0.05, 0.1) is 5.52 Å². The fraction of sp³-hybridized carbons (Fsp3) is 0.429. The zero-order valence-electron chi connectivity index (χ0n) is 11.1. The van der Waals surface area contributed by atoms with E-state index in [0.29, 0.717) is 12.2 Å². The van der Waals surface area contributed by atoms with Gasteiger partial charge in [0.2, 0.25) is 0 Å². The first kappa shape index (κ1) is 13.5. The number of nitrogens with zero attached hydrogens (tertiary/aromatic N) is 2. The standard InChI is InChI=1S/C14H19N3O2/c1-17(9-5-2-6-10-18)14(19)13-11-7-3-4-8-12(11)15-16-13/h3-4,7-8,18H,2,5-6,9-10H2,1H3,(H,15,16). The third-order valence-electron chi connectivity index (χ3n) is 3.17. The van der Waals surface area contributed by atoms with Gasteiger partial charge in [-0.2, -0.15) is 5.10 Å². The summed E-state index contributed by atoms with van der Waals surface area (Å²) in [7, 11) is 1.78. The summed E-state index contributed by atoms with van der Waals surface area (Å²) in [6.07, 6.45) is 2.61. The molecule has 0 saturated carbocycles. The molecule has 1 heterocycles. The van der Waals surface area contributed by atoms with Crippen LogP contribution < -0.4 is 0 Å². The van der Waals surface area contributed by atoms with Gasteiger partial charge in [0, 0.05) is 25.6 Å². The van der Waals surface area contributed by atoms with Crippen molar-refractivity contribution in [3.63, 3.8) is 0 Å². The highest BCUT2D eigenvalue weighted by Gasteiger charge is 2.17. The second-order valence-corrected chi connectivity index (χ2v) is 4.63. The molecule has 1 amide bonds. The van der Waals surface area contributed by atoms with E-state index in [0.717, 1.165) is 30.2 Å². The molecule has 0 radical (unpaired) electrons. The highest BCUT2D eigenvalue weighted by atomic mass is 16.2. The van der Waals surface area contributed by atoms with Crippen LogP contribution in [0.3, 0.4) is 0 Å². The summed E-state index contributed by atoms with van der Waals surface area (Å²) in [5.74, 6) is -0.0681. The fourth-order valence-electron chi connectivity index (χ4n) is 2.05. The van der Waals surface area contributed by atoms with E-state index < -0.39 is 0 Å². The van der Waals surface area contributed by atoms with Crippen molar-refractivity contribution in [1.82, 2.24) is 15.1 Å². The van der Waals surface area contributed by atoms with Gasteiger partial charge in [-0.05, 0) is 25.3 Å². The second kappa shape index (κ2) is 6.33. The van der Waals surface area contributed by atoms with Gasteiger partial charge < -0.3 is 10.0 Å². The number of benzene rings is 1. The number of aromatic amines is 1. The number of nitrogens with one attached hydrogen (secondary N) is 1. The Balaban J connectivity index is 2.02. The zero-order chi connectivity index (χ0) is 13.7. The third kappa shape index (κ3) is 3.12. The molecule has 0 atom stereocenters. The van der Waals surface area contributed by atoms with Crippen LogP contribution in [0, 0.1) is 0 Å². The summed E-state index contributed by atoms with van der Waals surface area (Å²) in [4.78, 5) is 14.0.